The highest BCUT2D eigenvalue weighted by Gasteiger charge is 2.29. The Morgan fingerprint density at radius 3 is 3.00 bits per heavy atom. The van der Waals surface area contributed by atoms with Crippen LogP contribution in [0, 0.1) is 11.8 Å². The number of nitrogens with zero attached hydrogens (tertiary/aromatic N) is 2. The molecule has 4 rings (SSSR count). The van der Waals surface area contributed by atoms with E-state index in [2.05, 4.69) is 21.6 Å². The van der Waals surface area contributed by atoms with E-state index in [1.807, 2.05) is 42.5 Å². The van der Waals surface area contributed by atoms with Crippen LogP contribution in [-0.2, 0) is 4.79 Å². The van der Waals surface area contributed by atoms with Crippen molar-refractivity contribution < 1.29 is 9.53 Å². The van der Waals surface area contributed by atoms with Crippen LogP contribution in [0.1, 0.15) is 0 Å². The number of allylic oxidation sites excluding steroid dienone is 6. The van der Waals surface area contributed by atoms with Gasteiger partial charge in [-0.1, -0.05) is 41.7 Å². The first-order valence-electron chi connectivity index (χ1n) is 7.60. The number of hydrogen-bond donors (Lipinski definition) is 1. The summed E-state index contributed by atoms with van der Waals surface area (Å²) in [4.78, 5) is 16.7. The molecule has 0 unspecified atom stereocenters. The van der Waals surface area contributed by atoms with E-state index in [9.17, 15) is 4.79 Å². The zero-order valence-electron chi connectivity index (χ0n) is 13.0. The number of methoxy groups -OCH3 is 1. The van der Waals surface area contributed by atoms with E-state index in [0.29, 0.717) is 10.8 Å². The lowest BCUT2D eigenvalue weighted by atomic mass is 9.79. The molecule has 2 aromatic rings. The normalized spacial score (nSPS) is 23.7. The van der Waals surface area contributed by atoms with Crippen LogP contribution in [0.4, 0.5) is 5.13 Å². The molecule has 0 fully saturated rings. The first kappa shape index (κ1) is 14.8. The molecule has 0 radical (unpaired) electrons. The summed E-state index contributed by atoms with van der Waals surface area (Å²) in [6.07, 6.45) is 11.5. The van der Waals surface area contributed by atoms with Crippen molar-refractivity contribution in [2.24, 2.45) is 16.9 Å². The van der Waals surface area contributed by atoms with Gasteiger partial charge in [-0.25, -0.2) is 4.98 Å². The average Bonchev–Trinajstić information content (AvgIpc) is 3.02. The number of rotatable bonds is 3. The second-order valence-electron chi connectivity index (χ2n) is 5.56. The minimum Gasteiger partial charge on any atom is -0.497 e. The van der Waals surface area contributed by atoms with E-state index in [1.54, 1.807) is 13.2 Å². The fraction of sp³-hybridized carbons (Fsp3) is 0.167. The number of nitrogens with one attached hydrogen (secondary N) is 1. The molecule has 0 saturated carbocycles. The third kappa shape index (κ3) is 2.65. The largest absolute Gasteiger partial charge is 0.497 e. The van der Waals surface area contributed by atoms with Gasteiger partial charge in [-0.3, -0.25) is 10.2 Å². The van der Waals surface area contributed by atoms with E-state index >= 15 is 0 Å². The van der Waals surface area contributed by atoms with Crippen LogP contribution < -0.4 is 10.2 Å². The Bertz CT molecular complexity index is 923. The van der Waals surface area contributed by atoms with Crippen molar-refractivity contribution >= 4 is 38.2 Å². The van der Waals surface area contributed by atoms with Crippen molar-refractivity contribution in [1.29, 1.82) is 0 Å². The summed E-state index contributed by atoms with van der Waals surface area (Å²) in [5.41, 5.74) is 4.33. The SMILES string of the molecule is COc1ccc2nc(N/N=C3/C(=O)C=C[C@@H]4C=CC=C[C@H]34)sc2c1. The highest BCUT2D eigenvalue weighted by atomic mass is 32.1. The number of benzene rings is 1. The first-order valence-corrected chi connectivity index (χ1v) is 8.42. The Balaban J connectivity index is 1.62. The molecular formula is C18H15N3O2S. The highest BCUT2D eigenvalue weighted by Crippen LogP contribution is 2.30. The summed E-state index contributed by atoms with van der Waals surface area (Å²) in [6.45, 7) is 0. The summed E-state index contributed by atoms with van der Waals surface area (Å²) >= 11 is 1.48. The quantitative estimate of drug-likeness (QED) is 0.870. The van der Waals surface area contributed by atoms with Crippen LogP contribution in [-0.4, -0.2) is 23.6 Å². The number of ketones is 1. The molecule has 2 aliphatic carbocycles. The number of carbonyl (C=O) groups excluding carboxylic acids is 1. The molecule has 0 amide bonds. The van der Waals surface area contributed by atoms with Gasteiger partial charge in [-0.2, -0.15) is 5.10 Å². The zero-order valence-corrected chi connectivity index (χ0v) is 13.8. The van der Waals surface area contributed by atoms with Gasteiger partial charge in [0.15, 0.2) is 0 Å². The van der Waals surface area contributed by atoms with Crippen LogP contribution >= 0.6 is 11.3 Å². The minimum absolute atomic E-state index is 0.0190. The third-order valence-electron chi connectivity index (χ3n) is 4.08. The number of hydrogen-bond acceptors (Lipinski definition) is 6. The average molecular weight is 337 g/mol. The lowest BCUT2D eigenvalue weighted by Gasteiger charge is -2.24. The summed E-state index contributed by atoms with van der Waals surface area (Å²) in [5.74, 6) is 0.896. The Morgan fingerprint density at radius 2 is 2.12 bits per heavy atom. The molecule has 120 valence electrons. The molecule has 24 heavy (non-hydrogen) atoms. The summed E-state index contributed by atoms with van der Waals surface area (Å²) in [5, 5.41) is 5.01. The maximum absolute atomic E-state index is 12.2. The van der Waals surface area contributed by atoms with Gasteiger partial charge in [0, 0.05) is 11.8 Å². The summed E-state index contributed by atoms with van der Waals surface area (Å²) < 4.78 is 6.23. The Labute approximate surface area is 143 Å². The summed E-state index contributed by atoms with van der Waals surface area (Å²) in [7, 11) is 1.64. The molecular weight excluding hydrogens is 322 g/mol. The molecule has 5 nitrogen and oxygen atoms in total. The van der Waals surface area contributed by atoms with Crippen LogP contribution in [0.25, 0.3) is 10.2 Å². The van der Waals surface area contributed by atoms with E-state index in [4.69, 9.17) is 4.74 Å². The Kier molecular flexibility index (Phi) is 3.74. The molecule has 1 aromatic carbocycles. The smallest absolute Gasteiger partial charge is 0.204 e. The van der Waals surface area contributed by atoms with Crippen molar-refractivity contribution in [2.75, 3.05) is 12.5 Å². The Morgan fingerprint density at radius 1 is 1.25 bits per heavy atom. The highest BCUT2D eigenvalue weighted by molar-refractivity contribution is 7.22. The van der Waals surface area contributed by atoms with Gasteiger partial charge >= 0.3 is 0 Å². The predicted molar refractivity (Wildman–Crippen MR) is 96.6 cm³/mol. The molecule has 1 heterocycles. The number of hydrazone groups is 1. The van der Waals surface area contributed by atoms with E-state index in [-0.39, 0.29) is 17.6 Å². The zero-order chi connectivity index (χ0) is 16.5. The van der Waals surface area contributed by atoms with Crippen LogP contribution in [0.15, 0.2) is 59.8 Å². The number of thiazole rings is 1. The number of carbonyl (C=O) groups is 1. The maximum atomic E-state index is 12.2. The molecule has 1 aromatic heterocycles. The van der Waals surface area contributed by atoms with Gasteiger partial charge in [-0.05, 0) is 24.3 Å². The van der Waals surface area contributed by atoms with Gasteiger partial charge in [0.25, 0.3) is 0 Å². The van der Waals surface area contributed by atoms with Crippen LogP contribution in [0.2, 0.25) is 0 Å². The number of aromatic nitrogens is 1. The molecule has 0 saturated heterocycles. The van der Waals surface area contributed by atoms with E-state index in [0.717, 1.165) is 16.0 Å². The fourth-order valence-electron chi connectivity index (χ4n) is 2.85. The van der Waals surface area contributed by atoms with Crippen molar-refractivity contribution in [3.63, 3.8) is 0 Å². The monoisotopic (exact) mass is 337 g/mol. The number of anilines is 1. The molecule has 0 spiro atoms. The first-order chi connectivity index (χ1) is 11.7. The Hall–Kier alpha value is -2.73. The van der Waals surface area contributed by atoms with Gasteiger partial charge in [-0.15, -0.1) is 0 Å². The maximum Gasteiger partial charge on any atom is 0.204 e. The molecule has 1 N–H and O–H groups in total. The lowest BCUT2D eigenvalue weighted by molar-refractivity contribution is -0.109. The molecule has 2 atom stereocenters. The second kappa shape index (κ2) is 6.05. The van der Waals surface area contributed by atoms with Gasteiger partial charge in [0.2, 0.25) is 10.9 Å². The number of fused-ring (bicyclic) bond motifs is 2. The van der Waals surface area contributed by atoms with E-state index < -0.39 is 0 Å². The van der Waals surface area contributed by atoms with Crippen molar-refractivity contribution in [2.45, 2.75) is 0 Å². The second-order valence-corrected chi connectivity index (χ2v) is 6.59. The third-order valence-corrected chi connectivity index (χ3v) is 5.01. The predicted octanol–water partition coefficient (Wildman–Crippen LogP) is 3.57. The topological polar surface area (TPSA) is 63.6 Å². The number of ether oxygens (including phenoxy) is 1. The van der Waals surface area contributed by atoms with E-state index in [1.165, 1.54) is 11.3 Å². The van der Waals surface area contributed by atoms with Gasteiger partial charge < -0.3 is 4.74 Å². The molecule has 2 aliphatic rings. The molecule has 0 bridgehead atoms. The molecule has 0 aliphatic heterocycles. The fourth-order valence-corrected chi connectivity index (χ4v) is 3.68. The summed E-state index contributed by atoms with van der Waals surface area (Å²) in [6, 6.07) is 5.71. The van der Waals surface area contributed by atoms with Gasteiger partial charge in [0.1, 0.15) is 11.5 Å². The standard InChI is InChI=1S/C18H15N3O2S/c1-23-12-7-8-14-16(10-12)24-18(19-14)21-20-17-13-5-3-2-4-11(13)6-9-15(17)22/h2-11,13H,1H3,(H,19,21)/b20-17+/t11-,13-/m0/s1. The lowest BCUT2D eigenvalue weighted by Crippen LogP contribution is -2.31. The van der Waals surface area contributed by atoms with Crippen molar-refractivity contribution in [3.05, 3.63) is 54.7 Å². The van der Waals surface area contributed by atoms with Crippen LogP contribution in [0.5, 0.6) is 5.75 Å². The van der Waals surface area contributed by atoms with Crippen molar-refractivity contribution in [3.8, 4) is 5.75 Å². The van der Waals surface area contributed by atoms with Crippen molar-refractivity contribution in [1.82, 2.24) is 4.98 Å². The molecule has 6 heteroatoms. The van der Waals surface area contributed by atoms with Crippen LogP contribution in [0.3, 0.4) is 0 Å². The minimum atomic E-state index is -0.0634. The van der Waals surface area contributed by atoms with Gasteiger partial charge in [0.05, 0.1) is 17.3 Å².